The van der Waals surface area contributed by atoms with E-state index in [1.165, 1.54) is 7.11 Å². The SMILES string of the molecule is COC(=O)C(C(=O)c1ccc(F)c(F)c1)C(C)C. The van der Waals surface area contributed by atoms with Gasteiger partial charge in [0.05, 0.1) is 7.11 Å². The lowest BCUT2D eigenvalue weighted by molar-refractivity contribution is -0.144. The molecule has 1 aromatic rings. The summed E-state index contributed by atoms with van der Waals surface area (Å²) in [6.07, 6.45) is 0. The molecular formula is C13H14F2O3. The Balaban J connectivity index is 3.10. The molecule has 0 aromatic heterocycles. The number of ketones is 1. The molecule has 1 unspecified atom stereocenters. The summed E-state index contributed by atoms with van der Waals surface area (Å²) in [4.78, 5) is 23.6. The Labute approximate surface area is 104 Å². The molecule has 0 bridgehead atoms. The van der Waals surface area contributed by atoms with E-state index in [-0.39, 0.29) is 11.5 Å². The van der Waals surface area contributed by atoms with Crippen LogP contribution in [0.15, 0.2) is 18.2 Å². The molecule has 0 heterocycles. The van der Waals surface area contributed by atoms with Crippen molar-refractivity contribution in [3.8, 4) is 0 Å². The van der Waals surface area contributed by atoms with Gasteiger partial charge in [0.25, 0.3) is 0 Å². The van der Waals surface area contributed by atoms with E-state index in [4.69, 9.17) is 0 Å². The first-order valence-corrected chi connectivity index (χ1v) is 5.45. The standard InChI is InChI=1S/C13H14F2O3/c1-7(2)11(13(17)18-3)12(16)8-4-5-9(14)10(15)6-8/h4-7,11H,1-3H3. The number of hydrogen-bond donors (Lipinski definition) is 0. The van der Waals surface area contributed by atoms with Crippen LogP contribution in [0.25, 0.3) is 0 Å². The van der Waals surface area contributed by atoms with Crippen LogP contribution in [0.5, 0.6) is 0 Å². The summed E-state index contributed by atoms with van der Waals surface area (Å²) < 4.78 is 30.4. The van der Waals surface area contributed by atoms with Crippen molar-refractivity contribution in [2.75, 3.05) is 7.11 Å². The zero-order chi connectivity index (χ0) is 13.9. The molecule has 98 valence electrons. The lowest BCUT2D eigenvalue weighted by atomic mass is 9.88. The van der Waals surface area contributed by atoms with Gasteiger partial charge in [0.1, 0.15) is 5.92 Å². The molecule has 1 rings (SSSR count). The summed E-state index contributed by atoms with van der Waals surface area (Å²) in [5.41, 5.74) is -0.0435. The van der Waals surface area contributed by atoms with Crippen LogP contribution in [0.1, 0.15) is 24.2 Å². The molecule has 18 heavy (non-hydrogen) atoms. The van der Waals surface area contributed by atoms with Crippen molar-refractivity contribution in [3.63, 3.8) is 0 Å². The fourth-order valence-electron chi connectivity index (χ4n) is 1.64. The summed E-state index contributed by atoms with van der Waals surface area (Å²) in [5, 5.41) is 0. The molecule has 0 radical (unpaired) electrons. The van der Waals surface area contributed by atoms with Crippen molar-refractivity contribution in [2.45, 2.75) is 13.8 Å². The highest BCUT2D eigenvalue weighted by Crippen LogP contribution is 2.20. The average molecular weight is 256 g/mol. The zero-order valence-electron chi connectivity index (χ0n) is 10.4. The van der Waals surface area contributed by atoms with Crippen LogP contribution in [0.3, 0.4) is 0 Å². The molecule has 0 fully saturated rings. The van der Waals surface area contributed by atoms with Gasteiger partial charge in [0.2, 0.25) is 0 Å². The van der Waals surface area contributed by atoms with Crippen LogP contribution in [0.2, 0.25) is 0 Å². The van der Waals surface area contributed by atoms with Crippen LogP contribution >= 0.6 is 0 Å². The van der Waals surface area contributed by atoms with Gasteiger partial charge in [0, 0.05) is 5.56 Å². The molecular weight excluding hydrogens is 242 g/mol. The van der Waals surface area contributed by atoms with Gasteiger partial charge in [-0.25, -0.2) is 8.78 Å². The van der Waals surface area contributed by atoms with E-state index in [1.807, 2.05) is 0 Å². The van der Waals surface area contributed by atoms with Gasteiger partial charge < -0.3 is 4.74 Å². The van der Waals surface area contributed by atoms with Crippen LogP contribution in [0.4, 0.5) is 8.78 Å². The Morgan fingerprint density at radius 2 is 1.78 bits per heavy atom. The number of Topliss-reactive ketones (excluding diaryl/α,β-unsaturated/α-hetero) is 1. The van der Waals surface area contributed by atoms with Crippen molar-refractivity contribution in [1.82, 2.24) is 0 Å². The summed E-state index contributed by atoms with van der Waals surface area (Å²) in [7, 11) is 1.18. The highest BCUT2D eigenvalue weighted by Gasteiger charge is 2.31. The maximum atomic E-state index is 13.0. The summed E-state index contributed by atoms with van der Waals surface area (Å²) in [5.74, 6) is -4.72. The second-order valence-electron chi connectivity index (χ2n) is 4.24. The van der Waals surface area contributed by atoms with E-state index in [2.05, 4.69) is 4.74 Å². The van der Waals surface area contributed by atoms with Crippen LogP contribution in [0, 0.1) is 23.5 Å². The topological polar surface area (TPSA) is 43.4 Å². The number of carbonyl (C=O) groups is 2. The third-order valence-electron chi connectivity index (χ3n) is 2.61. The quantitative estimate of drug-likeness (QED) is 0.472. The van der Waals surface area contributed by atoms with E-state index in [9.17, 15) is 18.4 Å². The largest absolute Gasteiger partial charge is 0.468 e. The molecule has 1 atom stereocenters. The molecule has 0 saturated carbocycles. The van der Waals surface area contributed by atoms with Crippen LogP contribution in [-0.2, 0) is 9.53 Å². The van der Waals surface area contributed by atoms with E-state index in [0.717, 1.165) is 18.2 Å². The van der Waals surface area contributed by atoms with Gasteiger partial charge in [-0.15, -0.1) is 0 Å². The first kappa shape index (κ1) is 14.3. The summed E-state index contributed by atoms with van der Waals surface area (Å²) in [6.45, 7) is 3.36. The van der Waals surface area contributed by atoms with Crippen molar-refractivity contribution in [3.05, 3.63) is 35.4 Å². The van der Waals surface area contributed by atoms with Crippen molar-refractivity contribution in [2.24, 2.45) is 11.8 Å². The predicted molar refractivity (Wildman–Crippen MR) is 61.0 cm³/mol. The molecule has 5 heteroatoms. The minimum absolute atomic E-state index is 0.0435. The summed E-state index contributed by atoms with van der Waals surface area (Å²) in [6, 6.07) is 2.80. The van der Waals surface area contributed by atoms with Crippen LogP contribution in [-0.4, -0.2) is 18.9 Å². The highest BCUT2D eigenvalue weighted by molar-refractivity contribution is 6.08. The van der Waals surface area contributed by atoms with Crippen molar-refractivity contribution >= 4 is 11.8 Å². The summed E-state index contributed by atoms with van der Waals surface area (Å²) >= 11 is 0. The highest BCUT2D eigenvalue weighted by atomic mass is 19.2. The molecule has 0 aliphatic rings. The van der Waals surface area contributed by atoms with Gasteiger partial charge in [0.15, 0.2) is 17.4 Å². The minimum atomic E-state index is -1.12. The van der Waals surface area contributed by atoms with Crippen molar-refractivity contribution in [1.29, 1.82) is 0 Å². The normalized spacial score (nSPS) is 12.3. The van der Waals surface area contributed by atoms with E-state index in [1.54, 1.807) is 13.8 Å². The first-order chi connectivity index (χ1) is 8.38. The van der Waals surface area contributed by atoms with Gasteiger partial charge in [-0.1, -0.05) is 13.8 Å². The van der Waals surface area contributed by atoms with Crippen molar-refractivity contribution < 1.29 is 23.1 Å². The maximum Gasteiger partial charge on any atom is 0.316 e. The number of halogens is 2. The lowest BCUT2D eigenvalue weighted by Gasteiger charge is -2.17. The third kappa shape index (κ3) is 2.91. The lowest BCUT2D eigenvalue weighted by Crippen LogP contribution is -2.30. The predicted octanol–water partition coefficient (Wildman–Crippen LogP) is 2.59. The van der Waals surface area contributed by atoms with E-state index in [0.29, 0.717) is 0 Å². The number of ether oxygens (including phenoxy) is 1. The number of rotatable bonds is 4. The Morgan fingerprint density at radius 3 is 2.22 bits per heavy atom. The molecule has 0 N–H and O–H groups in total. The molecule has 1 aromatic carbocycles. The van der Waals surface area contributed by atoms with Gasteiger partial charge in [-0.05, 0) is 24.1 Å². The molecule has 0 aliphatic carbocycles. The number of esters is 1. The van der Waals surface area contributed by atoms with Crippen LogP contribution < -0.4 is 0 Å². The Morgan fingerprint density at radius 1 is 1.17 bits per heavy atom. The van der Waals surface area contributed by atoms with Gasteiger partial charge in [-0.3, -0.25) is 9.59 Å². The average Bonchev–Trinajstić information content (AvgIpc) is 2.32. The zero-order valence-corrected chi connectivity index (χ0v) is 10.4. The Hall–Kier alpha value is -1.78. The molecule has 3 nitrogen and oxygen atoms in total. The third-order valence-corrected chi connectivity index (χ3v) is 2.61. The molecule has 0 amide bonds. The number of carbonyl (C=O) groups excluding carboxylic acids is 2. The van der Waals surface area contributed by atoms with Gasteiger partial charge in [-0.2, -0.15) is 0 Å². The second kappa shape index (κ2) is 5.71. The number of methoxy groups -OCH3 is 1. The Kier molecular flexibility index (Phi) is 4.53. The number of hydrogen-bond acceptors (Lipinski definition) is 3. The number of benzene rings is 1. The fourth-order valence-corrected chi connectivity index (χ4v) is 1.64. The fraction of sp³-hybridized carbons (Fsp3) is 0.385. The van der Waals surface area contributed by atoms with Gasteiger partial charge >= 0.3 is 5.97 Å². The molecule has 0 saturated heterocycles. The minimum Gasteiger partial charge on any atom is -0.468 e. The molecule has 0 aliphatic heterocycles. The van der Waals surface area contributed by atoms with E-state index >= 15 is 0 Å². The Bertz CT molecular complexity index is 469. The monoisotopic (exact) mass is 256 g/mol. The smallest absolute Gasteiger partial charge is 0.316 e. The van der Waals surface area contributed by atoms with E-state index < -0.39 is 29.3 Å². The maximum absolute atomic E-state index is 13.0. The first-order valence-electron chi connectivity index (χ1n) is 5.45. The second-order valence-corrected chi connectivity index (χ2v) is 4.24. The molecule has 0 spiro atoms.